The number of hydrogen-bond donors (Lipinski definition) is 1. The molecule has 1 aliphatic rings. The molecule has 0 aliphatic carbocycles. The van der Waals surface area contributed by atoms with Crippen LogP contribution in [0.1, 0.15) is 12.8 Å². The van der Waals surface area contributed by atoms with Gasteiger partial charge in [0.25, 0.3) is 5.56 Å². The molecule has 2 aromatic carbocycles. The molecule has 0 radical (unpaired) electrons. The van der Waals surface area contributed by atoms with Gasteiger partial charge in [-0.05, 0) is 43.2 Å². The van der Waals surface area contributed by atoms with Crippen molar-refractivity contribution in [3.05, 3.63) is 63.9 Å². The van der Waals surface area contributed by atoms with E-state index in [-0.39, 0.29) is 28.9 Å². The van der Waals surface area contributed by atoms with Gasteiger partial charge in [-0.2, -0.15) is 0 Å². The number of rotatable bonds is 6. The third-order valence-corrected chi connectivity index (χ3v) is 6.51. The molecule has 5 rings (SSSR count). The van der Waals surface area contributed by atoms with Crippen molar-refractivity contribution < 1.29 is 13.9 Å². The standard InChI is InChI=1S/C23H20ClN3O4S/c24-14-5-3-6-15(11-14)25-19(28)13-32-23-26-20-17-8-1-2-9-18(17)31-21(20)22(29)27(23)12-16-7-4-10-30-16/h1-3,5-6,8-9,11,16H,4,7,10,12-13H2,(H,25,28)/t16-/m0/s1. The number of carbonyl (C=O) groups excluding carboxylic acids is 1. The van der Waals surface area contributed by atoms with Gasteiger partial charge in [-0.15, -0.1) is 0 Å². The van der Waals surface area contributed by atoms with Crippen LogP contribution in [0.5, 0.6) is 0 Å². The predicted molar refractivity (Wildman–Crippen MR) is 126 cm³/mol. The number of furan rings is 1. The van der Waals surface area contributed by atoms with E-state index < -0.39 is 0 Å². The van der Waals surface area contributed by atoms with Gasteiger partial charge >= 0.3 is 0 Å². The Morgan fingerprint density at radius 3 is 2.94 bits per heavy atom. The van der Waals surface area contributed by atoms with Crippen molar-refractivity contribution in [3.63, 3.8) is 0 Å². The number of halogens is 1. The molecule has 9 heteroatoms. The molecule has 1 amide bonds. The van der Waals surface area contributed by atoms with Crippen molar-refractivity contribution in [2.45, 2.75) is 30.6 Å². The van der Waals surface area contributed by atoms with E-state index in [1.165, 1.54) is 11.8 Å². The quantitative estimate of drug-likeness (QED) is 0.325. The zero-order chi connectivity index (χ0) is 22.1. The van der Waals surface area contributed by atoms with Crippen LogP contribution in [0.15, 0.2) is 62.9 Å². The Balaban J connectivity index is 1.47. The maximum Gasteiger partial charge on any atom is 0.297 e. The van der Waals surface area contributed by atoms with Crippen molar-refractivity contribution in [3.8, 4) is 0 Å². The Morgan fingerprint density at radius 2 is 2.12 bits per heavy atom. The fraction of sp³-hybridized carbons (Fsp3) is 0.261. The van der Waals surface area contributed by atoms with Crippen molar-refractivity contribution >= 4 is 57.0 Å². The summed E-state index contributed by atoms with van der Waals surface area (Å²) < 4.78 is 13.1. The average Bonchev–Trinajstić information content (AvgIpc) is 3.42. The van der Waals surface area contributed by atoms with E-state index in [0.29, 0.717) is 40.1 Å². The van der Waals surface area contributed by atoms with Gasteiger partial charge in [0.05, 0.1) is 18.4 Å². The third-order valence-electron chi connectivity index (χ3n) is 5.30. The first kappa shape index (κ1) is 21.1. The summed E-state index contributed by atoms with van der Waals surface area (Å²) in [5.41, 5.74) is 1.68. The van der Waals surface area contributed by atoms with Gasteiger partial charge < -0.3 is 14.5 Å². The van der Waals surface area contributed by atoms with Crippen molar-refractivity contribution in [2.75, 3.05) is 17.7 Å². The second kappa shape index (κ2) is 8.97. The highest BCUT2D eigenvalue weighted by atomic mass is 35.5. The van der Waals surface area contributed by atoms with Gasteiger partial charge in [0.1, 0.15) is 11.1 Å². The minimum absolute atomic E-state index is 0.0593. The predicted octanol–water partition coefficient (Wildman–Crippen LogP) is 4.71. The Labute approximate surface area is 192 Å². The van der Waals surface area contributed by atoms with Gasteiger partial charge in [0, 0.05) is 22.7 Å². The number of fused-ring (bicyclic) bond motifs is 3. The van der Waals surface area contributed by atoms with Crippen LogP contribution in [0.2, 0.25) is 5.02 Å². The van der Waals surface area contributed by atoms with E-state index >= 15 is 0 Å². The lowest BCUT2D eigenvalue weighted by molar-refractivity contribution is -0.113. The lowest BCUT2D eigenvalue weighted by Gasteiger charge is -2.15. The maximum absolute atomic E-state index is 13.3. The zero-order valence-corrected chi connectivity index (χ0v) is 18.6. The van der Waals surface area contributed by atoms with E-state index in [1.807, 2.05) is 24.3 Å². The van der Waals surface area contributed by atoms with Crippen LogP contribution < -0.4 is 10.9 Å². The summed E-state index contributed by atoms with van der Waals surface area (Å²) in [5, 5.41) is 4.60. The zero-order valence-electron chi connectivity index (χ0n) is 17.0. The van der Waals surface area contributed by atoms with E-state index in [9.17, 15) is 9.59 Å². The van der Waals surface area contributed by atoms with Crippen LogP contribution >= 0.6 is 23.4 Å². The molecular weight excluding hydrogens is 450 g/mol. The molecule has 1 fully saturated rings. The number of amides is 1. The number of benzene rings is 2. The average molecular weight is 470 g/mol. The van der Waals surface area contributed by atoms with Gasteiger partial charge in [0.15, 0.2) is 5.16 Å². The summed E-state index contributed by atoms with van der Waals surface area (Å²) in [6, 6.07) is 14.4. The van der Waals surface area contributed by atoms with Gasteiger partial charge in [-0.3, -0.25) is 14.2 Å². The molecule has 164 valence electrons. The van der Waals surface area contributed by atoms with Crippen LogP contribution in [0.25, 0.3) is 22.1 Å². The SMILES string of the molecule is O=C(CSc1nc2c(oc3ccccc32)c(=O)n1C[C@@H]1CCCO1)Nc1cccc(Cl)c1. The molecule has 3 heterocycles. The monoisotopic (exact) mass is 469 g/mol. The molecule has 1 saturated heterocycles. The second-order valence-corrected chi connectivity index (χ2v) is 8.95. The number of hydrogen-bond acceptors (Lipinski definition) is 6. The number of ether oxygens (including phenoxy) is 1. The summed E-state index contributed by atoms with van der Waals surface area (Å²) in [6.45, 7) is 1.06. The van der Waals surface area contributed by atoms with Gasteiger partial charge in [-0.25, -0.2) is 4.98 Å². The van der Waals surface area contributed by atoms with Crippen molar-refractivity contribution in [1.29, 1.82) is 0 Å². The maximum atomic E-state index is 13.3. The Morgan fingerprint density at radius 1 is 1.25 bits per heavy atom. The smallest absolute Gasteiger partial charge is 0.297 e. The minimum Gasteiger partial charge on any atom is -0.448 e. The molecule has 1 atom stereocenters. The number of thioether (sulfide) groups is 1. The molecule has 2 aromatic heterocycles. The summed E-state index contributed by atoms with van der Waals surface area (Å²) in [7, 11) is 0. The first-order valence-electron chi connectivity index (χ1n) is 10.3. The van der Waals surface area contributed by atoms with Crippen LogP contribution in [0.3, 0.4) is 0 Å². The third kappa shape index (κ3) is 4.26. The topological polar surface area (TPSA) is 86.4 Å². The molecular formula is C23H20ClN3O4S. The first-order chi connectivity index (χ1) is 15.6. The molecule has 0 spiro atoms. The van der Waals surface area contributed by atoms with Crippen LogP contribution in [0.4, 0.5) is 5.69 Å². The highest BCUT2D eigenvalue weighted by Crippen LogP contribution is 2.28. The molecule has 4 aromatic rings. The van der Waals surface area contributed by atoms with Crippen LogP contribution in [-0.4, -0.2) is 33.9 Å². The normalized spacial score (nSPS) is 16.1. The molecule has 0 saturated carbocycles. The van der Waals surface area contributed by atoms with E-state index in [1.54, 1.807) is 28.8 Å². The van der Waals surface area contributed by atoms with E-state index in [0.717, 1.165) is 18.2 Å². The molecule has 32 heavy (non-hydrogen) atoms. The molecule has 0 unspecified atom stereocenters. The fourth-order valence-corrected chi connectivity index (χ4v) is 4.80. The fourth-order valence-electron chi connectivity index (χ4n) is 3.81. The number of nitrogens with zero attached hydrogens (tertiary/aromatic N) is 2. The number of anilines is 1. The Bertz CT molecular complexity index is 1360. The van der Waals surface area contributed by atoms with E-state index in [4.69, 9.17) is 25.7 Å². The number of para-hydroxylation sites is 1. The number of carbonyl (C=O) groups is 1. The summed E-state index contributed by atoms with van der Waals surface area (Å²) in [5.74, 6) is -0.126. The molecule has 1 aliphatic heterocycles. The van der Waals surface area contributed by atoms with E-state index in [2.05, 4.69) is 5.32 Å². The Kier molecular flexibility index (Phi) is 5.91. The lowest BCUT2D eigenvalue weighted by Crippen LogP contribution is -2.29. The van der Waals surface area contributed by atoms with Crippen molar-refractivity contribution in [2.24, 2.45) is 0 Å². The van der Waals surface area contributed by atoms with Gasteiger partial charge in [-0.1, -0.05) is 41.6 Å². The summed E-state index contributed by atoms with van der Waals surface area (Å²) >= 11 is 7.20. The summed E-state index contributed by atoms with van der Waals surface area (Å²) in [6.07, 6.45) is 1.78. The Hall–Kier alpha value is -2.81. The first-order valence-corrected chi connectivity index (χ1v) is 11.7. The van der Waals surface area contributed by atoms with Gasteiger partial charge in [0.2, 0.25) is 11.5 Å². The number of aromatic nitrogens is 2. The van der Waals surface area contributed by atoms with Crippen molar-refractivity contribution in [1.82, 2.24) is 9.55 Å². The minimum atomic E-state index is -0.264. The highest BCUT2D eigenvalue weighted by molar-refractivity contribution is 7.99. The van der Waals surface area contributed by atoms with Crippen LogP contribution in [0, 0.1) is 0 Å². The molecule has 1 N–H and O–H groups in total. The highest BCUT2D eigenvalue weighted by Gasteiger charge is 2.23. The largest absolute Gasteiger partial charge is 0.448 e. The summed E-state index contributed by atoms with van der Waals surface area (Å²) in [4.78, 5) is 30.6. The molecule has 7 nitrogen and oxygen atoms in total. The second-order valence-electron chi connectivity index (χ2n) is 7.57. The number of nitrogens with one attached hydrogen (secondary N) is 1. The lowest BCUT2D eigenvalue weighted by atomic mass is 10.2. The molecule has 0 bridgehead atoms. The van der Waals surface area contributed by atoms with Crippen LogP contribution in [-0.2, 0) is 16.1 Å².